The van der Waals surface area contributed by atoms with Crippen LogP contribution in [-0.4, -0.2) is 22.3 Å². The molecule has 1 aromatic heterocycles. The predicted molar refractivity (Wildman–Crippen MR) is 76.8 cm³/mol. The molecule has 3 nitrogen and oxygen atoms in total. The van der Waals surface area contributed by atoms with E-state index in [9.17, 15) is 9.18 Å². The van der Waals surface area contributed by atoms with Crippen LogP contribution in [0.5, 0.6) is 0 Å². The number of halogens is 2. The van der Waals surface area contributed by atoms with Crippen LogP contribution in [0.2, 0.25) is 0 Å². The number of carbonyl (C=O) groups is 1. The van der Waals surface area contributed by atoms with Crippen LogP contribution in [0, 0.1) is 5.82 Å². The van der Waals surface area contributed by atoms with Gasteiger partial charge in [0.1, 0.15) is 5.82 Å². The topological polar surface area (TPSA) is 33.2 Å². The second-order valence-corrected chi connectivity index (χ2v) is 5.48. The zero-order valence-electron chi connectivity index (χ0n) is 10.6. The second kappa shape index (κ2) is 5.32. The second-order valence-electron chi connectivity index (χ2n) is 4.69. The number of rotatable bonds is 1. The number of amides is 1. The molecule has 5 heteroatoms. The Morgan fingerprint density at radius 1 is 1.30 bits per heavy atom. The molecule has 0 atom stereocenters. The summed E-state index contributed by atoms with van der Waals surface area (Å²) < 4.78 is 13.7. The van der Waals surface area contributed by atoms with Crippen molar-refractivity contribution in [2.45, 2.75) is 13.0 Å². The van der Waals surface area contributed by atoms with Gasteiger partial charge in [-0.2, -0.15) is 0 Å². The number of fused-ring (bicyclic) bond motifs is 1. The summed E-state index contributed by atoms with van der Waals surface area (Å²) in [6, 6.07) is 8.35. The van der Waals surface area contributed by atoms with Gasteiger partial charge in [-0.25, -0.2) is 4.39 Å². The Kier molecular flexibility index (Phi) is 3.53. The minimum absolute atomic E-state index is 0.161. The molecule has 0 aliphatic carbocycles. The van der Waals surface area contributed by atoms with Gasteiger partial charge in [0.25, 0.3) is 5.91 Å². The molecule has 2 heterocycles. The van der Waals surface area contributed by atoms with Crippen molar-refractivity contribution in [3.63, 3.8) is 0 Å². The van der Waals surface area contributed by atoms with Crippen molar-refractivity contribution in [1.82, 2.24) is 9.88 Å². The maximum Gasteiger partial charge on any atom is 0.255 e. The lowest BCUT2D eigenvalue weighted by Crippen LogP contribution is -2.36. The quantitative estimate of drug-likeness (QED) is 0.802. The van der Waals surface area contributed by atoms with Crippen LogP contribution in [-0.2, 0) is 13.0 Å². The van der Waals surface area contributed by atoms with Crippen molar-refractivity contribution < 1.29 is 9.18 Å². The van der Waals surface area contributed by atoms with Crippen molar-refractivity contribution >= 4 is 21.8 Å². The molecule has 1 aromatic carbocycles. The highest BCUT2D eigenvalue weighted by Gasteiger charge is 2.24. The molecule has 1 amide bonds. The number of carbonyl (C=O) groups excluding carboxylic acids is 1. The molecule has 0 fully saturated rings. The molecule has 0 saturated carbocycles. The normalized spacial score (nSPS) is 14.0. The molecular formula is C15H12BrFN2O. The molecule has 0 bridgehead atoms. The molecule has 0 saturated heterocycles. The van der Waals surface area contributed by atoms with Crippen molar-refractivity contribution in [3.8, 4) is 0 Å². The van der Waals surface area contributed by atoms with Crippen LogP contribution in [0.3, 0.4) is 0 Å². The minimum atomic E-state index is -0.421. The molecule has 20 heavy (non-hydrogen) atoms. The maximum absolute atomic E-state index is 13.5. The highest BCUT2D eigenvalue weighted by Crippen LogP contribution is 2.24. The summed E-state index contributed by atoms with van der Waals surface area (Å²) in [5.41, 5.74) is 2.45. The van der Waals surface area contributed by atoms with E-state index in [1.54, 1.807) is 23.2 Å². The molecule has 0 unspecified atom stereocenters. The SMILES string of the molecule is O=C(c1cccc(F)c1Br)N1CCc2ncccc2C1. The van der Waals surface area contributed by atoms with Crippen LogP contribution < -0.4 is 0 Å². The fraction of sp³-hybridized carbons (Fsp3) is 0.200. The van der Waals surface area contributed by atoms with Gasteiger partial charge >= 0.3 is 0 Å². The average Bonchev–Trinajstić information content (AvgIpc) is 2.49. The predicted octanol–water partition coefficient (Wildman–Crippen LogP) is 3.18. The first-order valence-corrected chi connectivity index (χ1v) is 7.12. The number of pyridine rings is 1. The fourth-order valence-electron chi connectivity index (χ4n) is 2.38. The third-order valence-electron chi connectivity index (χ3n) is 3.43. The number of aromatic nitrogens is 1. The third-order valence-corrected chi connectivity index (χ3v) is 4.24. The lowest BCUT2D eigenvalue weighted by Gasteiger charge is -2.28. The Bertz CT molecular complexity index is 675. The zero-order chi connectivity index (χ0) is 14.1. The van der Waals surface area contributed by atoms with Crippen LogP contribution in [0.1, 0.15) is 21.6 Å². The van der Waals surface area contributed by atoms with Gasteiger partial charge in [0.15, 0.2) is 0 Å². The summed E-state index contributed by atoms with van der Waals surface area (Å²) in [6.07, 6.45) is 2.49. The Hall–Kier alpha value is -1.75. The van der Waals surface area contributed by atoms with E-state index in [1.165, 1.54) is 6.07 Å². The molecule has 1 aliphatic heterocycles. The first-order valence-electron chi connectivity index (χ1n) is 6.33. The number of hydrogen-bond acceptors (Lipinski definition) is 2. The number of benzene rings is 1. The summed E-state index contributed by atoms with van der Waals surface area (Å²) in [5.74, 6) is -0.583. The average molecular weight is 335 g/mol. The van der Waals surface area contributed by atoms with E-state index >= 15 is 0 Å². The molecule has 1 aliphatic rings. The lowest BCUT2D eigenvalue weighted by molar-refractivity contribution is 0.0732. The Morgan fingerprint density at radius 2 is 2.15 bits per heavy atom. The number of nitrogens with zero attached hydrogens (tertiary/aromatic N) is 2. The molecule has 0 spiro atoms. The molecular weight excluding hydrogens is 323 g/mol. The largest absolute Gasteiger partial charge is 0.334 e. The molecule has 0 N–H and O–H groups in total. The van der Waals surface area contributed by atoms with Gasteiger partial charge < -0.3 is 4.90 Å². The van der Waals surface area contributed by atoms with Crippen LogP contribution in [0.15, 0.2) is 41.0 Å². The molecule has 3 rings (SSSR count). The highest BCUT2D eigenvalue weighted by molar-refractivity contribution is 9.10. The van der Waals surface area contributed by atoms with Crippen molar-refractivity contribution in [2.75, 3.05) is 6.54 Å². The van der Waals surface area contributed by atoms with Crippen molar-refractivity contribution in [3.05, 3.63) is 63.6 Å². The van der Waals surface area contributed by atoms with E-state index in [4.69, 9.17) is 0 Å². The minimum Gasteiger partial charge on any atom is -0.334 e. The molecule has 102 valence electrons. The van der Waals surface area contributed by atoms with Crippen LogP contribution in [0.4, 0.5) is 4.39 Å². The standard InChI is InChI=1S/C15H12BrFN2O/c16-14-11(4-1-5-12(14)17)15(20)19-8-6-13-10(9-19)3-2-7-18-13/h1-5,7H,6,8-9H2. The maximum atomic E-state index is 13.5. The Labute approximate surface area is 124 Å². The van der Waals surface area contributed by atoms with E-state index in [0.29, 0.717) is 18.7 Å². The Balaban J connectivity index is 1.88. The monoisotopic (exact) mass is 334 g/mol. The summed E-state index contributed by atoms with van der Waals surface area (Å²) in [7, 11) is 0. The van der Waals surface area contributed by atoms with E-state index in [1.807, 2.05) is 12.1 Å². The summed E-state index contributed by atoms with van der Waals surface area (Å²) >= 11 is 3.14. The van der Waals surface area contributed by atoms with E-state index in [-0.39, 0.29) is 10.4 Å². The van der Waals surface area contributed by atoms with Gasteiger partial charge in [-0.15, -0.1) is 0 Å². The van der Waals surface area contributed by atoms with Gasteiger partial charge in [0.05, 0.1) is 10.0 Å². The molecule has 2 aromatic rings. The van der Waals surface area contributed by atoms with Crippen LogP contribution in [0.25, 0.3) is 0 Å². The van der Waals surface area contributed by atoms with E-state index in [0.717, 1.165) is 17.7 Å². The number of hydrogen-bond donors (Lipinski definition) is 0. The van der Waals surface area contributed by atoms with Gasteiger partial charge in [-0.1, -0.05) is 12.1 Å². The summed E-state index contributed by atoms with van der Waals surface area (Å²) in [6.45, 7) is 1.12. The third kappa shape index (κ3) is 2.33. The summed E-state index contributed by atoms with van der Waals surface area (Å²) in [4.78, 5) is 18.5. The first-order chi connectivity index (χ1) is 9.66. The smallest absolute Gasteiger partial charge is 0.255 e. The summed E-state index contributed by atoms with van der Waals surface area (Å²) in [5, 5.41) is 0. The van der Waals surface area contributed by atoms with Gasteiger partial charge in [0.2, 0.25) is 0 Å². The van der Waals surface area contributed by atoms with Gasteiger partial charge in [-0.3, -0.25) is 9.78 Å². The van der Waals surface area contributed by atoms with Gasteiger partial charge in [-0.05, 0) is 39.7 Å². The molecule has 0 radical (unpaired) electrons. The van der Waals surface area contributed by atoms with E-state index < -0.39 is 5.82 Å². The lowest BCUT2D eigenvalue weighted by atomic mass is 10.0. The fourth-order valence-corrected chi connectivity index (χ4v) is 2.81. The Morgan fingerprint density at radius 3 is 3.00 bits per heavy atom. The van der Waals surface area contributed by atoms with Crippen molar-refractivity contribution in [2.24, 2.45) is 0 Å². The first kappa shape index (κ1) is 13.2. The van der Waals surface area contributed by atoms with E-state index in [2.05, 4.69) is 20.9 Å². The highest BCUT2D eigenvalue weighted by atomic mass is 79.9. The van der Waals surface area contributed by atoms with Crippen LogP contribution >= 0.6 is 15.9 Å². The zero-order valence-corrected chi connectivity index (χ0v) is 12.2. The van der Waals surface area contributed by atoms with Crippen molar-refractivity contribution in [1.29, 1.82) is 0 Å². The van der Waals surface area contributed by atoms with Gasteiger partial charge in [0, 0.05) is 31.4 Å².